The molecule has 0 aliphatic heterocycles. The quantitative estimate of drug-likeness (QED) is 0.663. The second-order valence-corrected chi connectivity index (χ2v) is 5.71. The maximum atomic E-state index is 12.1. The molecule has 2 rings (SSSR count). The van der Waals surface area contributed by atoms with Gasteiger partial charge in [-0.2, -0.15) is 0 Å². The third-order valence-electron chi connectivity index (χ3n) is 3.20. The van der Waals surface area contributed by atoms with Gasteiger partial charge in [-0.15, -0.1) is 0 Å². The Kier molecular flexibility index (Phi) is 5.98. The molecular formula is C18H18ClN3O2. The van der Waals surface area contributed by atoms with Crippen LogP contribution in [0, 0.1) is 0 Å². The first kappa shape index (κ1) is 17.6. The molecular weight excluding hydrogens is 326 g/mol. The lowest BCUT2D eigenvalue weighted by Crippen LogP contribution is -2.40. The van der Waals surface area contributed by atoms with E-state index < -0.39 is 5.91 Å². The molecule has 0 aliphatic rings. The minimum Gasteiger partial charge on any atom is -0.378 e. The third kappa shape index (κ3) is 5.14. The highest BCUT2D eigenvalue weighted by atomic mass is 35.5. The fourth-order valence-corrected chi connectivity index (χ4v) is 2.14. The van der Waals surface area contributed by atoms with Crippen LogP contribution >= 0.6 is 11.6 Å². The maximum Gasteiger partial charge on any atom is 0.269 e. The number of anilines is 1. The molecule has 0 aliphatic carbocycles. The second-order valence-electron chi connectivity index (χ2n) is 5.28. The summed E-state index contributed by atoms with van der Waals surface area (Å²) in [6.07, 6.45) is 2.93. The molecule has 5 nitrogen and oxygen atoms in total. The first-order chi connectivity index (χ1) is 11.5. The molecule has 0 saturated carbocycles. The van der Waals surface area contributed by atoms with Crippen molar-refractivity contribution in [2.75, 3.05) is 19.0 Å². The van der Waals surface area contributed by atoms with Gasteiger partial charge in [0.15, 0.2) is 0 Å². The van der Waals surface area contributed by atoms with E-state index in [9.17, 15) is 9.59 Å². The predicted molar refractivity (Wildman–Crippen MR) is 96.9 cm³/mol. The van der Waals surface area contributed by atoms with Crippen LogP contribution in [-0.2, 0) is 4.79 Å². The molecule has 0 heterocycles. The summed E-state index contributed by atoms with van der Waals surface area (Å²) in [7, 11) is 3.78. The highest BCUT2D eigenvalue weighted by molar-refractivity contribution is 6.30. The monoisotopic (exact) mass is 343 g/mol. The molecule has 0 radical (unpaired) electrons. The molecule has 0 aromatic heterocycles. The van der Waals surface area contributed by atoms with E-state index in [1.165, 1.54) is 6.08 Å². The zero-order valence-electron chi connectivity index (χ0n) is 13.4. The first-order valence-electron chi connectivity index (χ1n) is 7.27. The first-order valence-corrected chi connectivity index (χ1v) is 7.65. The van der Waals surface area contributed by atoms with Gasteiger partial charge in [-0.1, -0.05) is 29.8 Å². The molecule has 0 saturated heterocycles. The Hall–Kier alpha value is -2.79. The van der Waals surface area contributed by atoms with E-state index >= 15 is 0 Å². The van der Waals surface area contributed by atoms with Gasteiger partial charge in [0.25, 0.3) is 11.8 Å². The smallest absolute Gasteiger partial charge is 0.269 e. The van der Waals surface area contributed by atoms with Crippen LogP contribution in [0.2, 0.25) is 5.02 Å². The molecule has 0 spiro atoms. The lowest BCUT2D eigenvalue weighted by Gasteiger charge is -2.13. The zero-order valence-corrected chi connectivity index (χ0v) is 14.2. The number of nitrogens with one attached hydrogen (secondary N) is 2. The Bertz CT molecular complexity index is 772. The second kappa shape index (κ2) is 8.17. The Balaban J connectivity index is 1.91. The SMILES string of the molecule is CN(C)c1cccc(C(=O)NNC(=O)/C=C/c2cccc(Cl)c2)c1. The molecule has 0 bridgehead atoms. The number of halogens is 1. The van der Waals surface area contributed by atoms with Crippen molar-refractivity contribution in [2.24, 2.45) is 0 Å². The fraction of sp³-hybridized carbons (Fsp3) is 0.111. The van der Waals surface area contributed by atoms with Gasteiger partial charge < -0.3 is 4.90 Å². The molecule has 2 amide bonds. The van der Waals surface area contributed by atoms with Crippen molar-refractivity contribution >= 4 is 35.2 Å². The molecule has 0 fully saturated rings. The van der Waals surface area contributed by atoms with Crippen LogP contribution < -0.4 is 15.8 Å². The van der Waals surface area contributed by atoms with Crippen LogP contribution in [0.25, 0.3) is 6.08 Å². The summed E-state index contributed by atoms with van der Waals surface area (Å²) in [5.74, 6) is -0.824. The van der Waals surface area contributed by atoms with Crippen LogP contribution in [0.5, 0.6) is 0 Å². The van der Waals surface area contributed by atoms with Crippen LogP contribution in [0.3, 0.4) is 0 Å². The number of hydrogen-bond acceptors (Lipinski definition) is 3. The molecule has 124 valence electrons. The number of nitrogens with zero attached hydrogens (tertiary/aromatic N) is 1. The molecule has 0 unspecified atom stereocenters. The number of rotatable bonds is 4. The van der Waals surface area contributed by atoms with E-state index in [0.29, 0.717) is 10.6 Å². The van der Waals surface area contributed by atoms with Gasteiger partial charge in [0.1, 0.15) is 0 Å². The average molecular weight is 344 g/mol. The van der Waals surface area contributed by atoms with Gasteiger partial charge in [0.2, 0.25) is 0 Å². The summed E-state index contributed by atoms with van der Waals surface area (Å²) < 4.78 is 0. The van der Waals surface area contributed by atoms with Crippen LogP contribution in [0.4, 0.5) is 5.69 Å². The number of hydrogen-bond donors (Lipinski definition) is 2. The van der Waals surface area contributed by atoms with Crippen molar-refractivity contribution < 1.29 is 9.59 Å². The molecule has 2 N–H and O–H groups in total. The lowest BCUT2D eigenvalue weighted by atomic mass is 10.2. The molecule has 0 atom stereocenters. The standard InChI is InChI=1S/C18H18ClN3O2/c1-22(2)16-8-4-6-14(12-16)18(24)21-20-17(23)10-9-13-5-3-7-15(19)11-13/h3-12H,1-2H3,(H,20,23)(H,21,24)/b10-9+. The highest BCUT2D eigenvalue weighted by Crippen LogP contribution is 2.13. The van der Waals surface area contributed by atoms with Crippen molar-refractivity contribution in [1.29, 1.82) is 0 Å². The molecule has 24 heavy (non-hydrogen) atoms. The minimum atomic E-state index is -0.438. The van der Waals surface area contributed by atoms with E-state index in [1.54, 1.807) is 42.5 Å². The maximum absolute atomic E-state index is 12.1. The Morgan fingerprint density at radius 2 is 1.79 bits per heavy atom. The molecule has 2 aromatic carbocycles. The summed E-state index contributed by atoms with van der Waals surface area (Å²) in [6.45, 7) is 0. The van der Waals surface area contributed by atoms with Crippen LogP contribution in [0.15, 0.2) is 54.6 Å². The number of amides is 2. The summed E-state index contributed by atoms with van der Waals surface area (Å²) in [5.41, 5.74) is 6.87. The van der Waals surface area contributed by atoms with Gasteiger partial charge in [-0.3, -0.25) is 20.4 Å². The van der Waals surface area contributed by atoms with E-state index in [2.05, 4.69) is 10.9 Å². The van der Waals surface area contributed by atoms with Crippen LogP contribution in [0.1, 0.15) is 15.9 Å². The van der Waals surface area contributed by atoms with Gasteiger partial charge in [-0.25, -0.2) is 0 Å². The van der Waals surface area contributed by atoms with Gasteiger partial charge in [0.05, 0.1) is 0 Å². The van der Waals surface area contributed by atoms with Gasteiger partial charge in [0, 0.05) is 36.4 Å². The lowest BCUT2D eigenvalue weighted by molar-refractivity contribution is -0.117. The van der Waals surface area contributed by atoms with Crippen LogP contribution in [-0.4, -0.2) is 25.9 Å². The molecule has 2 aromatic rings. The normalized spacial score (nSPS) is 10.5. The van der Waals surface area contributed by atoms with Crippen molar-refractivity contribution in [1.82, 2.24) is 10.9 Å². The number of hydrazine groups is 1. The largest absolute Gasteiger partial charge is 0.378 e. The summed E-state index contributed by atoms with van der Waals surface area (Å²) in [4.78, 5) is 25.7. The van der Waals surface area contributed by atoms with Crippen molar-refractivity contribution in [3.8, 4) is 0 Å². The van der Waals surface area contributed by atoms with E-state index in [-0.39, 0.29) is 5.91 Å². The Morgan fingerprint density at radius 3 is 2.50 bits per heavy atom. The number of benzene rings is 2. The van der Waals surface area contributed by atoms with Crippen molar-refractivity contribution in [3.05, 3.63) is 70.8 Å². The van der Waals surface area contributed by atoms with Crippen molar-refractivity contribution in [2.45, 2.75) is 0 Å². The number of carbonyl (C=O) groups is 2. The zero-order chi connectivity index (χ0) is 17.5. The predicted octanol–water partition coefficient (Wildman–Crippen LogP) is 2.88. The molecule has 6 heteroatoms. The van der Waals surface area contributed by atoms with Gasteiger partial charge >= 0.3 is 0 Å². The average Bonchev–Trinajstić information content (AvgIpc) is 2.58. The Morgan fingerprint density at radius 1 is 1.04 bits per heavy atom. The summed E-state index contributed by atoms with van der Waals surface area (Å²) in [5, 5.41) is 0.589. The minimum absolute atomic E-state index is 0.386. The highest BCUT2D eigenvalue weighted by Gasteiger charge is 2.07. The van der Waals surface area contributed by atoms with E-state index in [1.807, 2.05) is 31.1 Å². The van der Waals surface area contributed by atoms with Crippen molar-refractivity contribution in [3.63, 3.8) is 0 Å². The van der Waals surface area contributed by atoms with E-state index in [0.717, 1.165) is 11.3 Å². The van der Waals surface area contributed by atoms with E-state index in [4.69, 9.17) is 11.6 Å². The third-order valence-corrected chi connectivity index (χ3v) is 3.43. The Labute approximate surface area is 145 Å². The summed E-state index contributed by atoms with van der Waals surface area (Å²) in [6, 6.07) is 14.2. The fourth-order valence-electron chi connectivity index (χ4n) is 1.94. The van der Waals surface area contributed by atoms with Gasteiger partial charge in [-0.05, 0) is 42.0 Å². The number of carbonyl (C=O) groups excluding carboxylic acids is 2. The topological polar surface area (TPSA) is 61.4 Å². The summed E-state index contributed by atoms with van der Waals surface area (Å²) >= 11 is 5.87.